The number of ether oxygens (including phenoxy) is 1. The van der Waals surface area contributed by atoms with E-state index in [4.69, 9.17) is 4.74 Å². The quantitative estimate of drug-likeness (QED) is 0.857. The maximum Gasteiger partial charge on any atom is 0.252 e. The van der Waals surface area contributed by atoms with Crippen LogP contribution in [0.5, 0.6) is 0 Å². The zero-order valence-corrected chi connectivity index (χ0v) is 14.9. The van der Waals surface area contributed by atoms with Gasteiger partial charge >= 0.3 is 0 Å². The van der Waals surface area contributed by atoms with Gasteiger partial charge in [0, 0.05) is 24.8 Å². The highest BCUT2D eigenvalue weighted by Crippen LogP contribution is 2.42. The fraction of sp³-hybridized carbons (Fsp3) is 0.632. The summed E-state index contributed by atoms with van der Waals surface area (Å²) in [6.07, 6.45) is 9.82. The van der Waals surface area contributed by atoms with Crippen LogP contribution in [0.3, 0.4) is 0 Å². The molecule has 5 rings (SSSR count). The zero-order valence-electron chi connectivity index (χ0n) is 14.9. The summed E-state index contributed by atoms with van der Waals surface area (Å²) in [7, 11) is 0. The summed E-state index contributed by atoms with van der Waals surface area (Å²) in [4.78, 5) is 17.2. The lowest BCUT2D eigenvalue weighted by molar-refractivity contribution is -0.144. The van der Waals surface area contributed by atoms with Crippen molar-refractivity contribution in [3.63, 3.8) is 0 Å². The number of anilines is 1. The Morgan fingerprint density at radius 1 is 1.38 bits per heavy atom. The number of nitrogens with zero attached hydrogens (tertiary/aromatic N) is 3. The van der Waals surface area contributed by atoms with E-state index in [9.17, 15) is 4.79 Å². The summed E-state index contributed by atoms with van der Waals surface area (Å²) in [5.74, 6) is 2.17. The number of amides is 1. The van der Waals surface area contributed by atoms with Crippen molar-refractivity contribution in [2.24, 2.45) is 11.8 Å². The standard InChI is InChI=1S/C19H25N5O2/c25-18(19-5-1-2-13(10-19)12-26-19)22-15-8-14(9-15)11-20-16-4-7-24-17(23-16)3-6-21-24/h3-4,6-7,13-15H,1-2,5,8-12H2,(H,20,23)(H,22,25). The minimum Gasteiger partial charge on any atom is -0.370 e. The van der Waals surface area contributed by atoms with Crippen LogP contribution in [0.2, 0.25) is 0 Å². The van der Waals surface area contributed by atoms with E-state index >= 15 is 0 Å². The third-order valence-electron chi connectivity index (χ3n) is 6.22. The second-order valence-corrected chi connectivity index (χ2v) is 8.10. The molecule has 2 aromatic rings. The number of fused-ring (bicyclic) bond motifs is 3. The Morgan fingerprint density at radius 2 is 2.31 bits per heavy atom. The van der Waals surface area contributed by atoms with Crippen LogP contribution in [-0.2, 0) is 9.53 Å². The van der Waals surface area contributed by atoms with Gasteiger partial charge < -0.3 is 15.4 Å². The Bertz CT molecular complexity index is 811. The molecule has 2 aromatic heterocycles. The van der Waals surface area contributed by atoms with Gasteiger partial charge in [0.1, 0.15) is 11.4 Å². The van der Waals surface area contributed by atoms with Gasteiger partial charge in [0.2, 0.25) is 0 Å². The molecule has 3 fully saturated rings. The van der Waals surface area contributed by atoms with Gasteiger partial charge in [0.15, 0.2) is 5.65 Å². The van der Waals surface area contributed by atoms with Gasteiger partial charge in [-0.3, -0.25) is 4.79 Å². The first-order valence-corrected chi connectivity index (χ1v) is 9.69. The second-order valence-electron chi connectivity index (χ2n) is 8.10. The summed E-state index contributed by atoms with van der Waals surface area (Å²) in [6.45, 7) is 1.65. The minimum atomic E-state index is -0.517. The van der Waals surface area contributed by atoms with E-state index in [1.807, 2.05) is 18.3 Å². The van der Waals surface area contributed by atoms with Crippen molar-refractivity contribution < 1.29 is 9.53 Å². The van der Waals surface area contributed by atoms with Gasteiger partial charge in [0.05, 0.1) is 12.8 Å². The molecule has 138 valence electrons. The van der Waals surface area contributed by atoms with E-state index in [0.717, 1.165) is 56.7 Å². The first kappa shape index (κ1) is 16.1. The Morgan fingerprint density at radius 3 is 3.23 bits per heavy atom. The van der Waals surface area contributed by atoms with Gasteiger partial charge in [-0.05, 0) is 56.4 Å². The molecule has 26 heavy (non-hydrogen) atoms. The molecule has 7 nitrogen and oxygen atoms in total. The first-order chi connectivity index (χ1) is 12.7. The van der Waals surface area contributed by atoms with E-state index in [0.29, 0.717) is 17.9 Å². The molecule has 2 saturated carbocycles. The Kier molecular flexibility index (Phi) is 3.85. The van der Waals surface area contributed by atoms with E-state index in [2.05, 4.69) is 20.7 Å². The molecule has 0 spiro atoms. The van der Waals surface area contributed by atoms with Crippen molar-refractivity contribution in [1.82, 2.24) is 19.9 Å². The Hall–Kier alpha value is -2.15. The molecule has 1 saturated heterocycles. The van der Waals surface area contributed by atoms with Crippen LogP contribution >= 0.6 is 0 Å². The number of nitrogens with one attached hydrogen (secondary N) is 2. The number of rotatable bonds is 5. The van der Waals surface area contributed by atoms with Gasteiger partial charge in [-0.25, -0.2) is 9.50 Å². The molecule has 0 radical (unpaired) electrons. The minimum absolute atomic E-state index is 0.129. The van der Waals surface area contributed by atoms with Crippen LogP contribution in [0.4, 0.5) is 5.82 Å². The van der Waals surface area contributed by atoms with Crippen molar-refractivity contribution >= 4 is 17.4 Å². The molecule has 3 aliphatic rings. The number of hydrogen-bond acceptors (Lipinski definition) is 5. The van der Waals surface area contributed by atoms with Crippen LogP contribution in [0.25, 0.3) is 5.65 Å². The predicted molar refractivity (Wildman–Crippen MR) is 96.8 cm³/mol. The highest BCUT2D eigenvalue weighted by atomic mass is 16.5. The first-order valence-electron chi connectivity index (χ1n) is 9.69. The molecule has 0 aromatic carbocycles. The topological polar surface area (TPSA) is 80.6 Å². The number of hydrogen-bond donors (Lipinski definition) is 2. The largest absolute Gasteiger partial charge is 0.370 e. The van der Waals surface area contributed by atoms with Gasteiger partial charge in [0.25, 0.3) is 5.91 Å². The van der Waals surface area contributed by atoms with Crippen molar-refractivity contribution in [2.75, 3.05) is 18.5 Å². The predicted octanol–water partition coefficient (Wildman–Crippen LogP) is 2.00. The monoisotopic (exact) mass is 355 g/mol. The van der Waals surface area contributed by atoms with Crippen LogP contribution in [-0.4, -0.2) is 45.3 Å². The zero-order chi connectivity index (χ0) is 17.6. The SMILES string of the molecule is O=C(NC1CC(CNc2ccn3nccc3n2)C1)C12CCCC(CO1)C2. The third kappa shape index (κ3) is 2.84. The van der Waals surface area contributed by atoms with Crippen LogP contribution in [0.1, 0.15) is 38.5 Å². The summed E-state index contributed by atoms with van der Waals surface area (Å²) in [6, 6.07) is 4.12. The maximum absolute atomic E-state index is 12.7. The van der Waals surface area contributed by atoms with E-state index in [-0.39, 0.29) is 5.91 Å². The van der Waals surface area contributed by atoms with Gasteiger partial charge in [-0.2, -0.15) is 5.10 Å². The molecule has 2 N–H and O–H groups in total. The molecule has 1 amide bonds. The molecule has 2 bridgehead atoms. The number of carbonyl (C=O) groups excluding carboxylic acids is 1. The lowest BCUT2D eigenvalue weighted by atomic mass is 9.77. The average molecular weight is 355 g/mol. The van der Waals surface area contributed by atoms with Crippen molar-refractivity contribution in [3.8, 4) is 0 Å². The van der Waals surface area contributed by atoms with Crippen molar-refractivity contribution in [1.29, 1.82) is 0 Å². The van der Waals surface area contributed by atoms with Crippen LogP contribution in [0.15, 0.2) is 24.5 Å². The second kappa shape index (κ2) is 6.23. The fourth-order valence-corrected chi connectivity index (χ4v) is 4.67. The lowest BCUT2D eigenvalue weighted by Gasteiger charge is -2.39. The van der Waals surface area contributed by atoms with E-state index in [1.54, 1.807) is 10.7 Å². The molecule has 3 heterocycles. The molecular formula is C19H25N5O2. The molecule has 1 aliphatic heterocycles. The average Bonchev–Trinajstić information content (AvgIpc) is 3.20. The third-order valence-corrected chi connectivity index (χ3v) is 6.22. The fourth-order valence-electron chi connectivity index (χ4n) is 4.67. The summed E-state index contributed by atoms with van der Waals surface area (Å²) in [5.41, 5.74) is 0.326. The summed E-state index contributed by atoms with van der Waals surface area (Å²) >= 11 is 0. The molecular weight excluding hydrogens is 330 g/mol. The molecule has 2 aliphatic carbocycles. The van der Waals surface area contributed by atoms with Crippen molar-refractivity contribution in [2.45, 2.75) is 50.2 Å². The number of carbonyl (C=O) groups is 1. The van der Waals surface area contributed by atoms with Crippen LogP contribution in [0, 0.1) is 11.8 Å². The molecule has 2 unspecified atom stereocenters. The highest BCUT2D eigenvalue weighted by molar-refractivity contribution is 5.86. The summed E-state index contributed by atoms with van der Waals surface area (Å²) < 4.78 is 7.67. The maximum atomic E-state index is 12.7. The smallest absolute Gasteiger partial charge is 0.252 e. The number of aromatic nitrogens is 3. The Balaban J connectivity index is 1.09. The molecule has 7 heteroatoms. The normalized spacial score (nSPS) is 33.0. The van der Waals surface area contributed by atoms with Crippen LogP contribution < -0.4 is 10.6 Å². The molecule has 2 atom stereocenters. The van der Waals surface area contributed by atoms with Gasteiger partial charge in [-0.1, -0.05) is 0 Å². The van der Waals surface area contributed by atoms with Gasteiger partial charge in [-0.15, -0.1) is 0 Å². The summed E-state index contributed by atoms with van der Waals surface area (Å²) in [5, 5.41) is 10.8. The Labute approximate surface area is 152 Å². The highest BCUT2D eigenvalue weighted by Gasteiger charge is 2.49. The van der Waals surface area contributed by atoms with E-state index in [1.165, 1.54) is 6.42 Å². The van der Waals surface area contributed by atoms with Crippen molar-refractivity contribution in [3.05, 3.63) is 24.5 Å². The lowest BCUT2D eigenvalue weighted by Crippen LogP contribution is -2.54. The van der Waals surface area contributed by atoms with E-state index < -0.39 is 5.60 Å².